The van der Waals surface area contributed by atoms with E-state index in [0.29, 0.717) is 5.92 Å². The van der Waals surface area contributed by atoms with E-state index in [-0.39, 0.29) is 0 Å². The molecule has 0 aliphatic carbocycles. The predicted molar refractivity (Wildman–Crippen MR) is 84.4 cm³/mol. The van der Waals surface area contributed by atoms with E-state index in [4.69, 9.17) is 0 Å². The molecule has 3 nitrogen and oxygen atoms in total. The lowest BCUT2D eigenvalue weighted by Gasteiger charge is -2.09. The minimum Gasteiger partial charge on any atom is -0.220 e. The predicted octanol–water partition coefficient (Wildman–Crippen LogP) is 3.69. The summed E-state index contributed by atoms with van der Waals surface area (Å²) in [5.41, 5.74) is 3.47. The molecule has 0 spiro atoms. The molecule has 0 saturated carbocycles. The number of rotatable bonds is 5. The second-order valence-electron chi connectivity index (χ2n) is 5.49. The zero-order valence-electron chi connectivity index (χ0n) is 12.2. The Labute approximate surface area is 125 Å². The van der Waals surface area contributed by atoms with E-state index in [2.05, 4.69) is 47.6 Å². The Morgan fingerprint density at radius 3 is 2.29 bits per heavy atom. The van der Waals surface area contributed by atoms with Gasteiger partial charge in [-0.15, -0.1) is 5.10 Å². The second-order valence-corrected chi connectivity index (χ2v) is 5.49. The van der Waals surface area contributed by atoms with Crippen LogP contribution in [0.1, 0.15) is 18.2 Å². The SMILES string of the molecule is CC(Cc1ccccc1)Cc1cn(-c2ccccc2)nn1. The molecule has 0 saturated heterocycles. The fourth-order valence-electron chi connectivity index (χ4n) is 2.54. The van der Waals surface area contributed by atoms with Crippen LogP contribution in [-0.2, 0) is 12.8 Å². The van der Waals surface area contributed by atoms with Crippen molar-refractivity contribution in [3.05, 3.63) is 78.1 Å². The highest BCUT2D eigenvalue weighted by Crippen LogP contribution is 2.14. The van der Waals surface area contributed by atoms with Crippen LogP contribution in [0.25, 0.3) is 5.69 Å². The molecule has 1 heterocycles. The van der Waals surface area contributed by atoms with Crippen LogP contribution in [-0.4, -0.2) is 15.0 Å². The molecule has 21 heavy (non-hydrogen) atoms. The largest absolute Gasteiger partial charge is 0.220 e. The first-order valence-electron chi connectivity index (χ1n) is 7.32. The van der Waals surface area contributed by atoms with Crippen molar-refractivity contribution >= 4 is 0 Å². The summed E-state index contributed by atoms with van der Waals surface area (Å²) in [7, 11) is 0. The van der Waals surface area contributed by atoms with Gasteiger partial charge in [-0.3, -0.25) is 0 Å². The van der Waals surface area contributed by atoms with Gasteiger partial charge in [-0.1, -0.05) is 60.7 Å². The van der Waals surface area contributed by atoms with Crippen molar-refractivity contribution in [2.24, 2.45) is 5.92 Å². The highest BCUT2D eigenvalue weighted by molar-refractivity contribution is 5.30. The van der Waals surface area contributed by atoms with Crippen LogP contribution in [0.5, 0.6) is 0 Å². The monoisotopic (exact) mass is 277 g/mol. The van der Waals surface area contributed by atoms with Gasteiger partial charge in [0.15, 0.2) is 0 Å². The van der Waals surface area contributed by atoms with Crippen LogP contribution >= 0.6 is 0 Å². The minimum absolute atomic E-state index is 0.549. The van der Waals surface area contributed by atoms with Gasteiger partial charge in [0.05, 0.1) is 17.6 Å². The van der Waals surface area contributed by atoms with Gasteiger partial charge in [0, 0.05) is 0 Å². The molecule has 1 aromatic heterocycles. The lowest BCUT2D eigenvalue weighted by Crippen LogP contribution is -2.04. The first-order valence-corrected chi connectivity index (χ1v) is 7.32. The maximum absolute atomic E-state index is 4.29. The summed E-state index contributed by atoms with van der Waals surface area (Å²) >= 11 is 0. The molecule has 2 aromatic carbocycles. The summed E-state index contributed by atoms with van der Waals surface area (Å²) in [5, 5.41) is 8.50. The second kappa shape index (κ2) is 6.35. The molecule has 1 unspecified atom stereocenters. The van der Waals surface area contributed by atoms with Crippen molar-refractivity contribution in [2.75, 3.05) is 0 Å². The third-order valence-corrected chi connectivity index (χ3v) is 3.55. The van der Waals surface area contributed by atoms with E-state index in [1.54, 1.807) is 0 Å². The lowest BCUT2D eigenvalue weighted by atomic mass is 9.97. The summed E-state index contributed by atoms with van der Waals surface area (Å²) in [6.07, 6.45) is 4.04. The Kier molecular flexibility index (Phi) is 4.10. The van der Waals surface area contributed by atoms with E-state index in [9.17, 15) is 0 Å². The first-order chi connectivity index (χ1) is 10.3. The number of nitrogens with zero attached hydrogens (tertiary/aromatic N) is 3. The maximum Gasteiger partial charge on any atom is 0.0834 e. The van der Waals surface area contributed by atoms with Crippen molar-refractivity contribution < 1.29 is 0 Å². The van der Waals surface area contributed by atoms with Gasteiger partial charge in [-0.25, -0.2) is 4.68 Å². The van der Waals surface area contributed by atoms with Gasteiger partial charge in [0.1, 0.15) is 0 Å². The molecule has 0 radical (unpaired) electrons. The van der Waals surface area contributed by atoms with Gasteiger partial charge >= 0.3 is 0 Å². The average molecular weight is 277 g/mol. The van der Waals surface area contributed by atoms with E-state index in [1.807, 2.05) is 41.2 Å². The summed E-state index contributed by atoms with van der Waals surface area (Å²) < 4.78 is 1.84. The summed E-state index contributed by atoms with van der Waals surface area (Å²) in [6.45, 7) is 2.26. The number of hydrogen-bond donors (Lipinski definition) is 0. The molecule has 3 heteroatoms. The van der Waals surface area contributed by atoms with Crippen molar-refractivity contribution in [2.45, 2.75) is 19.8 Å². The van der Waals surface area contributed by atoms with Gasteiger partial charge in [0.2, 0.25) is 0 Å². The molecule has 3 rings (SSSR count). The lowest BCUT2D eigenvalue weighted by molar-refractivity contribution is 0.568. The molecule has 0 fully saturated rings. The quantitative estimate of drug-likeness (QED) is 0.712. The molecule has 3 aromatic rings. The van der Waals surface area contributed by atoms with E-state index < -0.39 is 0 Å². The zero-order valence-corrected chi connectivity index (χ0v) is 12.2. The Balaban J connectivity index is 1.65. The van der Waals surface area contributed by atoms with Gasteiger partial charge < -0.3 is 0 Å². The molecule has 106 valence electrons. The minimum atomic E-state index is 0.549. The van der Waals surface area contributed by atoms with Gasteiger partial charge in [0.25, 0.3) is 0 Å². The molecule has 0 aliphatic rings. The molecule has 0 amide bonds. The van der Waals surface area contributed by atoms with E-state index in [1.165, 1.54) is 5.56 Å². The normalized spacial score (nSPS) is 12.2. The van der Waals surface area contributed by atoms with Crippen LogP contribution in [0.15, 0.2) is 66.9 Å². The van der Waals surface area contributed by atoms with Crippen molar-refractivity contribution in [3.8, 4) is 5.69 Å². The molecule has 0 aliphatic heterocycles. The van der Waals surface area contributed by atoms with Crippen LogP contribution in [0.2, 0.25) is 0 Å². The van der Waals surface area contributed by atoms with Crippen molar-refractivity contribution in [1.82, 2.24) is 15.0 Å². The number of hydrogen-bond acceptors (Lipinski definition) is 2. The van der Waals surface area contributed by atoms with Crippen LogP contribution in [0, 0.1) is 5.92 Å². The topological polar surface area (TPSA) is 30.7 Å². The highest BCUT2D eigenvalue weighted by Gasteiger charge is 2.09. The Morgan fingerprint density at radius 1 is 0.905 bits per heavy atom. The van der Waals surface area contributed by atoms with Crippen molar-refractivity contribution in [3.63, 3.8) is 0 Å². The van der Waals surface area contributed by atoms with Crippen LogP contribution < -0.4 is 0 Å². The fraction of sp³-hybridized carbons (Fsp3) is 0.222. The van der Waals surface area contributed by atoms with E-state index in [0.717, 1.165) is 24.2 Å². The molecule has 0 N–H and O–H groups in total. The Hall–Kier alpha value is -2.42. The smallest absolute Gasteiger partial charge is 0.0834 e. The van der Waals surface area contributed by atoms with Crippen LogP contribution in [0.3, 0.4) is 0 Å². The molecule has 1 atom stereocenters. The number of para-hydroxylation sites is 1. The average Bonchev–Trinajstić information content (AvgIpc) is 2.97. The summed E-state index contributed by atoms with van der Waals surface area (Å²) in [5.74, 6) is 0.549. The Morgan fingerprint density at radius 2 is 1.57 bits per heavy atom. The van der Waals surface area contributed by atoms with Crippen LogP contribution in [0.4, 0.5) is 0 Å². The number of benzene rings is 2. The van der Waals surface area contributed by atoms with Crippen molar-refractivity contribution in [1.29, 1.82) is 0 Å². The Bertz CT molecular complexity index is 674. The zero-order chi connectivity index (χ0) is 14.5. The molecular formula is C18H19N3. The van der Waals surface area contributed by atoms with Gasteiger partial charge in [-0.2, -0.15) is 0 Å². The number of aromatic nitrogens is 3. The third-order valence-electron chi connectivity index (χ3n) is 3.55. The fourth-order valence-corrected chi connectivity index (χ4v) is 2.54. The summed E-state index contributed by atoms with van der Waals surface area (Å²) in [6, 6.07) is 20.7. The molecular weight excluding hydrogens is 258 g/mol. The maximum atomic E-state index is 4.29. The third kappa shape index (κ3) is 3.57. The summed E-state index contributed by atoms with van der Waals surface area (Å²) in [4.78, 5) is 0. The standard InChI is InChI=1S/C18H19N3/c1-15(12-16-8-4-2-5-9-16)13-17-14-21(20-19-17)18-10-6-3-7-11-18/h2-11,14-15H,12-13H2,1H3. The highest BCUT2D eigenvalue weighted by atomic mass is 15.4. The molecule has 0 bridgehead atoms. The van der Waals surface area contributed by atoms with E-state index >= 15 is 0 Å². The first kappa shape index (κ1) is 13.6. The van der Waals surface area contributed by atoms with Gasteiger partial charge in [-0.05, 0) is 36.5 Å².